The smallest absolute Gasteiger partial charge is 0.313 e. The van der Waals surface area contributed by atoms with E-state index in [0.29, 0.717) is 11.1 Å². The minimum atomic E-state index is -1.45. The maximum atomic E-state index is 13.7. The molecule has 1 aromatic rings. The highest BCUT2D eigenvalue weighted by atomic mass is 19.1. The predicted octanol–water partition coefficient (Wildman–Crippen LogP) is 3.25. The summed E-state index contributed by atoms with van der Waals surface area (Å²) in [5.74, 6) is -0.915. The monoisotopic (exact) mass is 224 g/mol. The van der Waals surface area contributed by atoms with Crippen LogP contribution in [-0.2, 0) is 15.9 Å². The second-order valence-corrected chi connectivity index (χ2v) is 4.98. The van der Waals surface area contributed by atoms with Crippen molar-refractivity contribution in [2.24, 2.45) is 0 Å². The number of aliphatic carboxylic acids is 1. The van der Waals surface area contributed by atoms with Crippen LogP contribution in [0.15, 0.2) is 24.3 Å². The van der Waals surface area contributed by atoms with Crippen LogP contribution in [0, 0.1) is 0 Å². The molecule has 88 valence electrons. The molecule has 0 unspecified atom stereocenters. The molecule has 1 aromatic carbocycles. The zero-order valence-electron chi connectivity index (χ0n) is 10.0. The summed E-state index contributed by atoms with van der Waals surface area (Å²) in [6.45, 7) is 6.14. The van der Waals surface area contributed by atoms with Gasteiger partial charge in [0.25, 0.3) is 0 Å². The van der Waals surface area contributed by atoms with Crippen LogP contribution >= 0.6 is 0 Å². The second kappa shape index (κ2) is 3.89. The Labute approximate surface area is 95.1 Å². The lowest BCUT2D eigenvalue weighted by atomic mass is 9.83. The Balaban J connectivity index is 3.23. The molecule has 0 aliphatic rings. The number of carboxylic acid groups (broad SMARTS) is 1. The summed E-state index contributed by atoms with van der Waals surface area (Å²) in [6.07, 6.45) is 0. The van der Waals surface area contributed by atoms with E-state index in [9.17, 15) is 9.18 Å². The van der Waals surface area contributed by atoms with E-state index in [1.807, 2.05) is 0 Å². The van der Waals surface area contributed by atoms with Gasteiger partial charge in [-0.15, -0.1) is 0 Å². The Hall–Kier alpha value is -1.38. The fourth-order valence-corrected chi connectivity index (χ4v) is 1.40. The highest BCUT2D eigenvalue weighted by Gasteiger charge is 2.30. The average molecular weight is 224 g/mol. The third-order valence-corrected chi connectivity index (χ3v) is 2.81. The molecule has 0 heterocycles. The molecule has 3 heteroatoms. The van der Waals surface area contributed by atoms with Crippen LogP contribution in [0.5, 0.6) is 0 Å². The summed E-state index contributed by atoms with van der Waals surface area (Å²) in [7, 11) is 0. The van der Waals surface area contributed by atoms with E-state index in [2.05, 4.69) is 0 Å². The minimum Gasteiger partial charge on any atom is -0.481 e. The molecule has 16 heavy (non-hydrogen) atoms. The molecule has 0 saturated carbocycles. The minimum absolute atomic E-state index is 0.499. The van der Waals surface area contributed by atoms with Crippen molar-refractivity contribution in [1.82, 2.24) is 0 Å². The molecular weight excluding hydrogens is 207 g/mol. The number of halogens is 1. The predicted molar refractivity (Wildman–Crippen MR) is 61.2 cm³/mol. The van der Waals surface area contributed by atoms with E-state index >= 15 is 0 Å². The number of hydrogen-bond acceptors (Lipinski definition) is 1. The van der Waals surface area contributed by atoms with Crippen LogP contribution in [-0.4, -0.2) is 11.1 Å². The SMILES string of the molecule is CC(C)(F)c1cccc(C(C)(C)C(=O)O)c1. The lowest BCUT2D eigenvalue weighted by Gasteiger charge is -2.22. The first-order chi connectivity index (χ1) is 7.15. The maximum Gasteiger partial charge on any atom is 0.313 e. The van der Waals surface area contributed by atoms with Crippen LogP contribution in [0.2, 0.25) is 0 Å². The van der Waals surface area contributed by atoms with Crippen molar-refractivity contribution < 1.29 is 14.3 Å². The van der Waals surface area contributed by atoms with E-state index in [1.165, 1.54) is 13.8 Å². The quantitative estimate of drug-likeness (QED) is 0.855. The largest absolute Gasteiger partial charge is 0.481 e. The van der Waals surface area contributed by atoms with E-state index in [1.54, 1.807) is 38.1 Å². The molecule has 0 radical (unpaired) electrons. The van der Waals surface area contributed by atoms with Crippen molar-refractivity contribution in [2.75, 3.05) is 0 Å². The van der Waals surface area contributed by atoms with Gasteiger partial charge >= 0.3 is 5.97 Å². The Kier molecular flexibility index (Phi) is 3.08. The molecule has 0 aliphatic carbocycles. The fourth-order valence-electron chi connectivity index (χ4n) is 1.40. The van der Waals surface area contributed by atoms with Crippen LogP contribution in [0.25, 0.3) is 0 Å². The average Bonchev–Trinajstić information content (AvgIpc) is 2.16. The van der Waals surface area contributed by atoms with Crippen LogP contribution < -0.4 is 0 Å². The molecular formula is C13H17FO2. The first-order valence-electron chi connectivity index (χ1n) is 5.19. The molecule has 0 aliphatic heterocycles. The Morgan fingerprint density at radius 2 is 1.69 bits per heavy atom. The normalized spacial score (nSPS) is 12.6. The first-order valence-corrected chi connectivity index (χ1v) is 5.19. The summed E-state index contributed by atoms with van der Waals surface area (Å²) < 4.78 is 13.7. The molecule has 0 bridgehead atoms. The van der Waals surface area contributed by atoms with Crippen molar-refractivity contribution in [3.8, 4) is 0 Å². The maximum absolute atomic E-state index is 13.7. The summed E-state index contributed by atoms with van der Waals surface area (Å²) in [5.41, 5.74) is -1.34. The van der Waals surface area contributed by atoms with Crippen molar-refractivity contribution in [3.63, 3.8) is 0 Å². The number of carboxylic acids is 1. The number of hydrogen-bond donors (Lipinski definition) is 1. The zero-order chi connectivity index (χ0) is 12.6. The summed E-state index contributed by atoms with van der Waals surface area (Å²) in [6, 6.07) is 6.69. The zero-order valence-corrected chi connectivity index (χ0v) is 10.0. The van der Waals surface area contributed by atoms with E-state index in [-0.39, 0.29) is 0 Å². The van der Waals surface area contributed by atoms with Gasteiger partial charge in [0.15, 0.2) is 0 Å². The standard InChI is InChI=1S/C13H17FO2/c1-12(2,11(15)16)9-6-5-7-10(8-9)13(3,4)14/h5-8H,1-4H3,(H,15,16). The number of benzene rings is 1. The van der Waals surface area contributed by atoms with Crippen molar-refractivity contribution in [2.45, 2.75) is 38.8 Å². The highest BCUT2D eigenvalue weighted by molar-refractivity contribution is 5.80. The summed E-state index contributed by atoms with van der Waals surface area (Å²) in [5, 5.41) is 9.09. The van der Waals surface area contributed by atoms with Gasteiger partial charge < -0.3 is 5.11 Å². The molecule has 0 aromatic heterocycles. The Bertz CT molecular complexity index is 403. The topological polar surface area (TPSA) is 37.3 Å². The van der Waals surface area contributed by atoms with Gasteiger partial charge in [-0.25, -0.2) is 4.39 Å². The molecule has 0 spiro atoms. The molecule has 2 nitrogen and oxygen atoms in total. The van der Waals surface area contributed by atoms with Gasteiger partial charge in [0.2, 0.25) is 0 Å². The van der Waals surface area contributed by atoms with Gasteiger partial charge in [-0.05, 0) is 38.8 Å². The second-order valence-electron chi connectivity index (χ2n) is 4.98. The van der Waals surface area contributed by atoms with Crippen molar-refractivity contribution in [1.29, 1.82) is 0 Å². The number of alkyl halides is 1. The van der Waals surface area contributed by atoms with E-state index < -0.39 is 17.1 Å². The molecule has 0 atom stereocenters. The van der Waals surface area contributed by atoms with Gasteiger partial charge in [-0.1, -0.05) is 24.3 Å². The fraction of sp³-hybridized carbons (Fsp3) is 0.462. The van der Waals surface area contributed by atoms with E-state index in [0.717, 1.165) is 0 Å². The van der Waals surface area contributed by atoms with Gasteiger partial charge in [0.05, 0.1) is 5.41 Å². The summed E-state index contributed by atoms with van der Waals surface area (Å²) in [4.78, 5) is 11.1. The van der Waals surface area contributed by atoms with Gasteiger partial charge in [0, 0.05) is 0 Å². The van der Waals surface area contributed by atoms with Gasteiger partial charge in [-0.2, -0.15) is 0 Å². The summed E-state index contributed by atoms with van der Waals surface area (Å²) >= 11 is 0. The van der Waals surface area contributed by atoms with Crippen molar-refractivity contribution in [3.05, 3.63) is 35.4 Å². The molecule has 0 saturated heterocycles. The number of rotatable bonds is 3. The number of carbonyl (C=O) groups is 1. The Morgan fingerprint density at radius 1 is 1.19 bits per heavy atom. The highest BCUT2D eigenvalue weighted by Crippen LogP contribution is 2.30. The lowest BCUT2D eigenvalue weighted by molar-refractivity contribution is -0.142. The molecule has 1 N–H and O–H groups in total. The molecule has 0 fully saturated rings. The van der Waals surface area contributed by atoms with Crippen LogP contribution in [0.3, 0.4) is 0 Å². The van der Waals surface area contributed by atoms with Gasteiger partial charge in [0.1, 0.15) is 5.67 Å². The van der Waals surface area contributed by atoms with Crippen molar-refractivity contribution >= 4 is 5.97 Å². The lowest BCUT2D eigenvalue weighted by Crippen LogP contribution is -2.28. The van der Waals surface area contributed by atoms with Crippen LogP contribution in [0.1, 0.15) is 38.8 Å². The van der Waals surface area contributed by atoms with E-state index in [4.69, 9.17) is 5.11 Å². The first kappa shape index (κ1) is 12.7. The van der Waals surface area contributed by atoms with Crippen LogP contribution in [0.4, 0.5) is 4.39 Å². The van der Waals surface area contributed by atoms with Gasteiger partial charge in [-0.3, -0.25) is 4.79 Å². The third kappa shape index (κ3) is 2.40. The molecule has 0 amide bonds. The Morgan fingerprint density at radius 3 is 2.12 bits per heavy atom. The molecule has 1 rings (SSSR count). The third-order valence-electron chi connectivity index (χ3n) is 2.81.